The number of morpholine rings is 1. The van der Waals surface area contributed by atoms with Gasteiger partial charge in [-0.05, 0) is 31.5 Å². The molecule has 6 heteroatoms. The minimum Gasteiger partial charge on any atom is -0.482 e. The number of carbonyl (C=O) groups is 1. The van der Waals surface area contributed by atoms with E-state index in [1.165, 1.54) is 0 Å². The molecule has 21 heavy (non-hydrogen) atoms. The van der Waals surface area contributed by atoms with E-state index >= 15 is 0 Å². The Kier molecular flexibility index (Phi) is 5.90. The molecule has 1 aromatic carbocycles. The van der Waals surface area contributed by atoms with Crippen LogP contribution in [-0.2, 0) is 9.53 Å². The van der Waals surface area contributed by atoms with Crippen molar-refractivity contribution in [2.75, 3.05) is 19.8 Å². The number of carbonyl (C=O) groups excluding carboxylic acids is 1. The van der Waals surface area contributed by atoms with E-state index in [9.17, 15) is 4.79 Å². The summed E-state index contributed by atoms with van der Waals surface area (Å²) in [6.07, 6.45) is 0.935. The van der Waals surface area contributed by atoms with Gasteiger partial charge in [0, 0.05) is 11.0 Å². The van der Waals surface area contributed by atoms with Crippen LogP contribution in [0.4, 0.5) is 0 Å². The molecule has 2 atom stereocenters. The van der Waals surface area contributed by atoms with Gasteiger partial charge < -0.3 is 14.4 Å². The van der Waals surface area contributed by atoms with Crippen molar-refractivity contribution in [2.24, 2.45) is 0 Å². The van der Waals surface area contributed by atoms with Crippen LogP contribution in [0.1, 0.15) is 20.3 Å². The van der Waals surface area contributed by atoms with Gasteiger partial charge in [0.05, 0.1) is 23.8 Å². The zero-order valence-corrected chi connectivity index (χ0v) is 14.5. The van der Waals surface area contributed by atoms with Gasteiger partial charge in [-0.3, -0.25) is 4.79 Å². The van der Waals surface area contributed by atoms with Gasteiger partial charge in [-0.1, -0.05) is 34.5 Å². The van der Waals surface area contributed by atoms with E-state index in [4.69, 9.17) is 21.1 Å². The maximum absolute atomic E-state index is 12.4. The number of ether oxygens (including phenoxy) is 2. The molecule has 1 heterocycles. The van der Waals surface area contributed by atoms with E-state index in [0.717, 1.165) is 10.9 Å². The third kappa shape index (κ3) is 4.34. The Bertz CT molecular complexity index is 512. The first-order chi connectivity index (χ1) is 10.0. The Hall–Kier alpha value is -0.780. The topological polar surface area (TPSA) is 38.8 Å². The van der Waals surface area contributed by atoms with Gasteiger partial charge in [0.15, 0.2) is 6.61 Å². The molecule has 0 saturated carbocycles. The number of rotatable bonds is 4. The Morgan fingerprint density at radius 1 is 1.57 bits per heavy atom. The number of hydrogen-bond donors (Lipinski definition) is 0. The van der Waals surface area contributed by atoms with Crippen LogP contribution < -0.4 is 4.74 Å². The quantitative estimate of drug-likeness (QED) is 0.807. The molecule has 0 spiro atoms. The average molecular weight is 377 g/mol. The lowest BCUT2D eigenvalue weighted by atomic mass is 10.1. The van der Waals surface area contributed by atoms with E-state index in [1.807, 2.05) is 17.9 Å². The highest BCUT2D eigenvalue weighted by molar-refractivity contribution is 9.10. The highest BCUT2D eigenvalue weighted by Crippen LogP contribution is 2.27. The first-order valence-corrected chi connectivity index (χ1v) is 8.17. The van der Waals surface area contributed by atoms with E-state index < -0.39 is 0 Å². The third-order valence-electron chi connectivity index (χ3n) is 3.50. The number of halogens is 2. The van der Waals surface area contributed by atoms with Crippen LogP contribution >= 0.6 is 27.5 Å². The minimum atomic E-state index is -0.0315. The Balaban J connectivity index is 1.96. The molecule has 0 aliphatic carbocycles. The van der Waals surface area contributed by atoms with Crippen molar-refractivity contribution < 1.29 is 14.3 Å². The molecular formula is C15H19BrClNO3. The number of amides is 1. The van der Waals surface area contributed by atoms with Crippen LogP contribution in [-0.4, -0.2) is 42.7 Å². The molecule has 1 saturated heterocycles. The van der Waals surface area contributed by atoms with Crippen LogP contribution in [0, 0.1) is 0 Å². The molecule has 0 bridgehead atoms. The standard InChI is InChI=1S/C15H19BrClNO3/c1-3-12-8-20-10(2)7-18(12)15(19)9-21-14-5-4-11(16)6-13(14)17/h4-6,10,12H,3,7-9H2,1-2H3/t10-,12+/m0/s1. The van der Waals surface area contributed by atoms with Gasteiger partial charge in [0.2, 0.25) is 0 Å². The van der Waals surface area contributed by atoms with Crippen molar-refractivity contribution in [3.05, 3.63) is 27.7 Å². The highest BCUT2D eigenvalue weighted by atomic mass is 79.9. The van der Waals surface area contributed by atoms with Gasteiger partial charge in [0.25, 0.3) is 5.91 Å². The number of nitrogens with zero attached hydrogens (tertiary/aromatic N) is 1. The van der Waals surface area contributed by atoms with E-state index in [2.05, 4.69) is 22.9 Å². The lowest BCUT2D eigenvalue weighted by molar-refractivity contribution is -0.146. The van der Waals surface area contributed by atoms with Crippen LogP contribution in [0.2, 0.25) is 5.02 Å². The lowest BCUT2D eigenvalue weighted by Gasteiger charge is -2.38. The van der Waals surface area contributed by atoms with Gasteiger partial charge in [-0.25, -0.2) is 0 Å². The SMILES string of the molecule is CC[C@@H]1CO[C@@H](C)CN1C(=O)COc1ccc(Br)cc1Cl. The summed E-state index contributed by atoms with van der Waals surface area (Å²) in [4.78, 5) is 14.2. The van der Waals surface area contributed by atoms with Crippen LogP contribution in [0.15, 0.2) is 22.7 Å². The summed E-state index contributed by atoms with van der Waals surface area (Å²) in [5.41, 5.74) is 0. The molecule has 1 aliphatic heterocycles. The molecule has 1 aromatic rings. The zero-order valence-electron chi connectivity index (χ0n) is 12.1. The summed E-state index contributed by atoms with van der Waals surface area (Å²) in [5, 5.41) is 0.486. The molecule has 116 valence electrons. The van der Waals surface area contributed by atoms with E-state index in [1.54, 1.807) is 12.1 Å². The predicted molar refractivity (Wildman–Crippen MR) is 85.9 cm³/mol. The number of hydrogen-bond acceptors (Lipinski definition) is 3. The maximum atomic E-state index is 12.4. The fraction of sp³-hybridized carbons (Fsp3) is 0.533. The molecule has 0 unspecified atom stereocenters. The molecular weight excluding hydrogens is 358 g/mol. The maximum Gasteiger partial charge on any atom is 0.260 e. The summed E-state index contributed by atoms with van der Waals surface area (Å²) < 4.78 is 12.0. The fourth-order valence-corrected chi connectivity index (χ4v) is 3.03. The fourth-order valence-electron chi connectivity index (χ4n) is 2.30. The van der Waals surface area contributed by atoms with Crippen molar-refractivity contribution in [3.63, 3.8) is 0 Å². The lowest BCUT2D eigenvalue weighted by Crippen LogP contribution is -2.52. The minimum absolute atomic E-state index is 0.00935. The first-order valence-electron chi connectivity index (χ1n) is 7.00. The van der Waals surface area contributed by atoms with Gasteiger partial charge in [-0.15, -0.1) is 0 Å². The van der Waals surface area contributed by atoms with Crippen LogP contribution in [0.25, 0.3) is 0 Å². The van der Waals surface area contributed by atoms with Gasteiger partial charge in [0.1, 0.15) is 5.75 Å². The molecule has 1 fully saturated rings. The molecule has 2 rings (SSSR count). The zero-order chi connectivity index (χ0) is 15.4. The molecule has 0 N–H and O–H groups in total. The summed E-state index contributed by atoms with van der Waals surface area (Å²) >= 11 is 9.41. The highest BCUT2D eigenvalue weighted by Gasteiger charge is 2.29. The molecule has 1 aliphatic rings. The van der Waals surface area contributed by atoms with Gasteiger partial charge >= 0.3 is 0 Å². The monoisotopic (exact) mass is 375 g/mol. The van der Waals surface area contributed by atoms with Crippen molar-refractivity contribution >= 4 is 33.4 Å². The molecule has 0 aromatic heterocycles. The Morgan fingerprint density at radius 3 is 3.00 bits per heavy atom. The first kappa shape index (κ1) is 16.6. The summed E-state index contributed by atoms with van der Waals surface area (Å²) in [6, 6.07) is 5.45. The van der Waals surface area contributed by atoms with Crippen molar-refractivity contribution in [1.82, 2.24) is 4.90 Å². The smallest absolute Gasteiger partial charge is 0.260 e. The molecule has 1 amide bonds. The summed E-state index contributed by atoms with van der Waals surface area (Å²) in [5.74, 6) is 0.485. The second kappa shape index (κ2) is 7.47. The largest absolute Gasteiger partial charge is 0.482 e. The van der Waals surface area contributed by atoms with Crippen molar-refractivity contribution in [3.8, 4) is 5.75 Å². The van der Waals surface area contributed by atoms with Crippen molar-refractivity contribution in [2.45, 2.75) is 32.4 Å². The molecule has 0 radical (unpaired) electrons. The Labute approximate surface area is 138 Å². The average Bonchev–Trinajstić information content (AvgIpc) is 2.46. The van der Waals surface area contributed by atoms with Crippen molar-refractivity contribution in [1.29, 1.82) is 0 Å². The summed E-state index contributed by atoms with van der Waals surface area (Å²) in [6.45, 7) is 5.21. The summed E-state index contributed by atoms with van der Waals surface area (Å²) in [7, 11) is 0. The second-order valence-corrected chi connectivity index (χ2v) is 6.44. The van der Waals surface area contributed by atoms with E-state index in [-0.39, 0.29) is 24.7 Å². The van der Waals surface area contributed by atoms with Crippen LogP contribution in [0.3, 0.4) is 0 Å². The van der Waals surface area contributed by atoms with Crippen LogP contribution in [0.5, 0.6) is 5.75 Å². The normalized spacial score (nSPS) is 22.2. The predicted octanol–water partition coefficient (Wildman–Crippen LogP) is 3.51. The van der Waals surface area contributed by atoms with E-state index in [0.29, 0.717) is 23.9 Å². The number of benzene rings is 1. The van der Waals surface area contributed by atoms with Gasteiger partial charge in [-0.2, -0.15) is 0 Å². The molecule has 4 nitrogen and oxygen atoms in total. The Morgan fingerprint density at radius 2 is 2.33 bits per heavy atom. The second-order valence-electron chi connectivity index (χ2n) is 5.12. The third-order valence-corrected chi connectivity index (χ3v) is 4.29.